The van der Waals surface area contributed by atoms with Crippen LogP contribution in [-0.2, 0) is 4.79 Å². The largest absolute Gasteiger partial charge is 0.493 e. The van der Waals surface area contributed by atoms with Crippen molar-refractivity contribution in [2.24, 2.45) is 0 Å². The number of aryl methyl sites for hydroxylation is 1. The second kappa shape index (κ2) is 8.07. The number of hydrogen-bond acceptors (Lipinski definition) is 4. The average Bonchev–Trinajstić information content (AvgIpc) is 2.70. The first-order chi connectivity index (χ1) is 14.0. The fourth-order valence-electron chi connectivity index (χ4n) is 4.09. The maximum atomic E-state index is 12.7. The number of halogens is 1. The van der Waals surface area contributed by atoms with E-state index in [0.717, 1.165) is 11.3 Å². The molecule has 4 rings (SSSR count). The number of ketones is 1. The van der Waals surface area contributed by atoms with Crippen molar-refractivity contribution in [1.29, 1.82) is 0 Å². The van der Waals surface area contributed by atoms with Gasteiger partial charge >= 0.3 is 0 Å². The third-order valence-electron chi connectivity index (χ3n) is 5.70. The van der Waals surface area contributed by atoms with Crippen LogP contribution in [0.15, 0.2) is 42.5 Å². The number of carbonyl (C=O) groups excluding carboxylic acids is 2. The van der Waals surface area contributed by atoms with Gasteiger partial charge in [0.25, 0.3) is 0 Å². The predicted molar refractivity (Wildman–Crippen MR) is 111 cm³/mol. The summed E-state index contributed by atoms with van der Waals surface area (Å²) in [6.45, 7) is 3.42. The molecule has 2 aliphatic rings. The summed E-state index contributed by atoms with van der Waals surface area (Å²) in [5.74, 6) is 1.54. The molecule has 6 heteroatoms. The highest BCUT2D eigenvalue weighted by atomic mass is 35.5. The molecule has 2 aliphatic heterocycles. The molecule has 29 heavy (non-hydrogen) atoms. The second-order valence-electron chi connectivity index (χ2n) is 7.78. The summed E-state index contributed by atoms with van der Waals surface area (Å²) in [5, 5.41) is 0.548. The molecule has 0 aromatic heterocycles. The number of hydrogen-bond donors (Lipinski definition) is 0. The summed E-state index contributed by atoms with van der Waals surface area (Å²) in [5.41, 5.74) is 0.911. The quantitative estimate of drug-likeness (QED) is 0.743. The summed E-state index contributed by atoms with van der Waals surface area (Å²) >= 11 is 6.10. The van der Waals surface area contributed by atoms with E-state index in [0.29, 0.717) is 61.7 Å². The van der Waals surface area contributed by atoms with E-state index in [-0.39, 0.29) is 11.7 Å². The summed E-state index contributed by atoms with van der Waals surface area (Å²) in [7, 11) is 0. The Hall–Kier alpha value is -2.53. The molecular weight excluding hydrogens is 390 g/mol. The van der Waals surface area contributed by atoms with Crippen molar-refractivity contribution < 1.29 is 19.1 Å². The Morgan fingerprint density at radius 1 is 1.21 bits per heavy atom. The highest BCUT2D eigenvalue weighted by molar-refractivity contribution is 6.31. The molecule has 0 atom stereocenters. The van der Waals surface area contributed by atoms with E-state index in [2.05, 4.69) is 0 Å². The molecule has 0 N–H and O–H groups in total. The second-order valence-corrected chi connectivity index (χ2v) is 8.21. The highest BCUT2D eigenvalue weighted by Gasteiger charge is 2.44. The molecule has 2 aromatic carbocycles. The number of likely N-dealkylation sites (tertiary alicyclic amines) is 1. The van der Waals surface area contributed by atoms with Crippen LogP contribution in [0.1, 0.15) is 41.6 Å². The topological polar surface area (TPSA) is 55.8 Å². The minimum Gasteiger partial charge on any atom is -0.493 e. The van der Waals surface area contributed by atoms with Gasteiger partial charge < -0.3 is 14.4 Å². The Morgan fingerprint density at radius 3 is 2.66 bits per heavy atom. The molecule has 0 aliphatic carbocycles. The van der Waals surface area contributed by atoms with Crippen LogP contribution < -0.4 is 9.47 Å². The van der Waals surface area contributed by atoms with Crippen molar-refractivity contribution in [2.45, 2.75) is 38.2 Å². The first kappa shape index (κ1) is 19.8. The van der Waals surface area contributed by atoms with Crippen molar-refractivity contribution in [1.82, 2.24) is 4.90 Å². The van der Waals surface area contributed by atoms with Gasteiger partial charge in [0.05, 0.1) is 25.0 Å². The van der Waals surface area contributed by atoms with Crippen molar-refractivity contribution >= 4 is 23.3 Å². The van der Waals surface area contributed by atoms with Gasteiger partial charge in [0.15, 0.2) is 5.78 Å². The van der Waals surface area contributed by atoms with Crippen LogP contribution >= 0.6 is 11.6 Å². The molecule has 1 fully saturated rings. The minimum absolute atomic E-state index is 0.0629. The maximum Gasteiger partial charge on any atom is 0.226 e. The summed E-state index contributed by atoms with van der Waals surface area (Å²) in [6.07, 6.45) is 1.96. The number of piperidine rings is 1. The third-order valence-corrected chi connectivity index (χ3v) is 5.91. The lowest BCUT2D eigenvalue weighted by atomic mass is 9.82. The van der Waals surface area contributed by atoms with E-state index in [1.807, 2.05) is 48.2 Å². The van der Waals surface area contributed by atoms with Crippen molar-refractivity contribution in [2.75, 3.05) is 19.7 Å². The number of carbonyl (C=O) groups is 2. The van der Waals surface area contributed by atoms with E-state index in [4.69, 9.17) is 21.1 Å². The van der Waals surface area contributed by atoms with Crippen LogP contribution in [-0.4, -0.2) is 41.9 Å². The number of nitrogens with zero attached hydrogens (tertiary/aromatic N) is 1. The van der Waals surface area contributed by atoms with E-state index in [1.54, 1.807) is 6.07 Å². The van der Waals surface area contributed by atoms with Gasteiger partial charge in [-0.05, 0) is 36.8 Å². The normalized spacial score (nSPS) is 17.6. The monoisotopic (exact) mass is 413 g/mol. The number of ether oxygens (including phenoxy) is 2. The molecule has 152 valence electrons. The smallest absolute Gasteiger partial charge is 0.226 e. The van der Waals surface area contributed by atoms with Gasteiger partial charge in [-0.25, -0.2) is 0 Å². The first-order valence-electron chi connectivity index (χ1n) is 9.94. The lowest BCUT2D eigenvalue weighted by Gasteiger charge is -2.44. The Kier molecular flexibility index (Phi) is 5.50. The summed E-state index contributed by atoms with van der Waals surface area (Å²) in [4.78, 5) is 27.1. The lowest BCUT2D eigenvalue weighted by molar-refractivity contribution is -0.135. The van der Waals surface area contributed by atoms with Gasteiger partial charge in [0, 0.05) is 31.0 Å². The Balaban J connectivity index is 1.34. The number of benzene rings is 2. The van der Waals surface area contributed by atoms with Gasteiger partial charge in [-0.15, -0.1) is 0 Å². The van der Waals surface area contributed by atoms with Gasteiger partial charge in [-0.3, -0.25) is 9.59 Å². The zero-order chi connectivity index (χ0) is 20.4. The van der Waals surface area contributed by atoms with Gasteiger partial charge in [-0.2, -0.15) is 0 Å². The van der Waals surface area contributed by atoms with Crippen molar-refractivity contribution in [3.63, 3.8) is 0 Å². The molecule has 0 saturated carbocycles. The standard InChI is InChI=1S/C23H24ClNO4/c1-16-13-17(24)14-19-20(26)15-23(29-22(16)19)8-10-25(11-9-23)21(27)7-12-28-18-5-3-2-4-6-18/h2-6,13-14H,7-12,15H2,1H3. The van der Waals surface area contributed by atoms with Crippen LogP contribution in [0.4, 0.5) is 0 Å². The van der Waals surface area contributed by atoms with Crippen LogP contribution in [0.2, 0.25) is 5.02 Å². The first-order valence-corrected chi connectivity index (χ1v) is 10.3. The fraction of sp³-hybridized carbons (Fsp3) is 0.391. The Morgan fingerprint density at radius 2 is 1.93 bits per heavy atom. The molecule has 1 saturated heterocycles. The molecule has 2 heterocycles. The molecule has 1 spiro atoms. The molecule has 2 aromatic rings. The van der Waals surface area contributed by atoms with Crippen LogP contribution in [0.25, 0.3) is 0 Å². The van der Waals surface area contributed by atoms with E-state index in [9.17, 15) is 9.59 Å². The number of amides is 1. The zero-order valence-corrected chi connectivity index (χ0v) is 17.2. The molecule has 5 nitrogen and oxygen atoms in total. The molecule has 1 amide bonds. The number of fused-ring (bicyclic) bond motifs is 1. The molecule has 0 bridgehead atoms. The number of rotatable bonds is 4. The molecule has 0 radical (unpaired) electrons. The van der Waals surface area contributed by atoms with Crippen LogP contribution in [0.5, 0.6) is 11.5 Å². The highest BCUT2D eigenvalue weighted by Crippen LogP contribution is 2.42. The Bertz CT molecular complexity index is 920. The maximum absolute atomic E-state index is 12.7. The van der Waals surface area contributed by atoms with E-state index in [1.165, 1.54) is 0 Å². The van der Waals surface area contributed by atoms with E-state index >= 15 is 0 Å². The number of Topliss-reactive ketones (excluding diaryl/α,β-unsaturated/α-hetero) is 1. The number of para-hydroxylation sites is 1. The zero-order valence-electron chi connectivity index (χ0n) is 16.4. The van der Waals surface area contributed by atoms with Crippen molar-refractivity contribution in [3.05, 3.63) is 58.6 Å². The van der Waals surface area contributed by atoms with E-state index < -0.39 is 5.60 Å². The Labute approximate surface area is 175 Å². The molecular formula is C23H24ClNO4. The SMILES string of the molecule is Cc1cc(Cl)cc2c1OC1(CCN(C(=O)CCOc3ccccc3)CC1)CC2=O. The lowest BCUT2D eigenvalue weighted by Crippen LogP contribution is -2.52. The summed E-state index contributed by atoms with van der Waals surface area (Å²) < 4.78 is 12.0. The summed E-state index contributed by atoms with van der Waals surface area (Å²) in [6, 6.07) is 13.0. The predicted octanol–water partition coefficient (Wildman–Crippen LogP) is 4.44. The third kappa shape index (κ3) is 4.25. The molecule has 0 unspecified atom stereocenters. The van der Waals surface area contributed by atoms with Gasteiger partial charge in [-0.1, -0.05) is 29.8 Å². The van der Waals surface area contributed by atoms with Crippen LogP contribution in [0.3, 0.4) is 0 Å². The fourth-order valence-corrected chi connectivity index (χ4v) is 4.36. The van der Waals surface area contributed by atoms with Gasteiger partial charge in [0.2, 0.25) is 5.91 Å². The minimum atomic E-state index is -0.528. The van der Waals surface area contributed by atoms with Crippen LogP contribution in [0, 0.1) is 6.92 Å². The average molecular weight is 414 g/mol. The van der Waals surface area contributed by atoms with Crippen molar-refractivity contribution in [3.8, 4) is 11.5 Å². The van der Waals surface area contributed by atoms with Gasteiger partial charge in [0.1, 0.15) is 17.1 Å².